The minimum atomic E-state index is 1.03. The lowest BCUT2D eigenvalue weighted by molar-refractivity contribution is 0.724. The normalized spacial score (nSPS) is 17.1. The van der Waals surface area contributed by atoms with Crippen molar-refractivity contribution in [2.45, 2.75) is 6.42 Å². The van der Waals surface area contributed by atoms with Crippen molar-refractivity contribution in [3.05, 3.63) is 22.7 Å². The Morgan fingerprint density at radius 2 is 2.17 bits per heavy atom. The molecule has 1 N–H and O–H groups in total. The van der Waals surface area contributed by atoms with Gasteiger partial charge in [-0.25, -0.2) is 4.98 Å². The number of benzene rings is 1. The van der Waals surface area contributed by atoms with Crippen molar-refractivity contribution in [2.75, 3.05) is 31.1 Å². The molecule has 0 radical (unpaired) electrons. The lowest BCUT2D eigenvalue weighted by atomic mass is 10.3. The third kappa shape index (κ3) is 2.12. The second kappa shape index (κ2) is 4.90. The molecular formula is C13H17BrN4. The van der Waals surface area contributed by atoms with E-state index in [0.717, 1.165) is 42.1 Å². The van der Waals surface area contributed by atoms with Crippen LogP contribution in [0.2, 0.25) is 0 Å². The quantitative estimate of drug-likeness (QED) is 0.876. The van der Waals surface area contributed by atoms with Gasteiger partial charge in [-0.3, -0.25) is 0 Å². The maximum Gasteiger partial charge on any atom is 0.206 e. The van der Waals surface area contributed by atoms with Crippen LogP contribution in [0.3, 0.4) is 0 Å². The predicted molar refractivity (Wildman–Crippen MR) is 78.1 cm³/mol. The molecule has 0 amide bonds. The Balaban J connectivity index is 2.02. The standard InChI is InChI=1S/C13H17BrN4/c1-17-12-4-3-10(14)9-11(12)16-13(17)18-7-2-5-15-6-8-18/h3-4,9,15H,2,5-8H2,1H3. The van der Waals surface area contributed by atoms with E-state index < -0.39 is 0 Å². The molecule has 0 aliphatic carbocycles. The molecule has 2 aromatic rings. The fourth-order valence-electron chi connectivity index (χ4n) is 2.49. The van der Waals surface area contributed by atoms with Gasteiger partial charge in [-0.2, -0.15) is 0 Å². The molecule has 0 spiro atoms. The summed E-state index contributed by atoms with van der Waals surface area (Å²) in [6, 6.07) is 6.26. The second-order valence-corrected chi connectivity index (χ2v) is 5.61. The molecule has 3 rings (SSSR count). The van der Waals surface area contributed by atoms with Crippen LogP contribution in [0.15, 0.2) is 22.7 Å². The predicted octanol–water partition coefficient (Wildman–Crippen LogP) is 2.14. The van der Waals surface area contributed by atoms with E-state index in [0.29, 0.717) is 0 Å². The highest BCUT2D eigenvalue weighted by molar-refractivity contribution is 9.10. The number of nitrogens with one attached hydrogen (secondary N) is 1. The highest BCUT2D eigenvalue weighted by Crippen LogP contribution is 2.24. The Bertz CT molecular complexity index is 555. The summed E-state index contributed by atoms with van der Waals surface area (Å²) in [5.74, 6) is 1.08. The zero-order chi connectivity index (χ0) is 12.5. The Labute approximate surface area is 115 Å². The van der Waals surface area contributed by atoms with Crippen LogP contribution < -0.4 is 10.2 Å². The molecule has 96 valence electrons. The van der Waals surface area contributed by atoms with Crippen LogP contribution in [0, 0.1) is 0 Å². The summed E-state index contributed by atoms with van der Waals surface area (Å²) in [6.45, 7) is 4.24. The first-order valence-electron chi connectivity index (χ1n) is 6.33. The number of hydrogen-bond donors (Lipinski definition) is 1. The zero-order valence-corrected chi connectivity index (χ0v) is 12.1. The number of fused-ring (bicyclic) bond motifs is 1. The maximum absolute atomic E-state index is 4.77. The average Bonchev–Trinajstić information content (AvgIpc) is 2.57. The summed E-state index contributed by atoms with van der Waals surface area (Å²) in [7, 11) is 2.09. The molecular weight excluding hydrogens is 292 g/mol. The number of anilines is 1. The van der Waals surface area contributed by atoms with Gasteiger partial charge in [-0.1, -0.05) is 15.9 Å². The van der Waals surface area contributed by atoms with E-state index >= 15 is 0 Å². The molecule has 1 aliphatic rings. The number of halogens is 1. The van der Waals surface area contributed by atoms with Crippen molar-refractivity contribution in [3.8, 4) is 0 Å². The van der Waals surface area contributed by atoms with Crippen LogP contribution in [-0.4, -0.2) is 35.7 Å². The number of aryl methyl sites for hydroxylation is 1. The van der Waals surface area contributed by atoms with Gasteiger partial charge >= 0.3 is 0 Å². The monoisotopic (exact) mass is 308 g/mol. The van der Waals surface area contributed by atoms with E-state index in [-0.39, 0.29) is 0 Å². The first kappa shape index (κ1) is 12.0. The minimum Gasteiger partial charge on any atom is -0.341 e. The van der Waals surface area contributed by atoms with Gasteiger partial charge < -0.3 is 14.8 Å². The molecule has 0 atom stereocenters. The van der Waals surface area contributed by atoms with Crippen LogP contribution in [-0.2, 0) is 7.05 Å². The second-order valence-electron chi connectivity index (χ2n) is 4.69. The van der Waals surface area contributed by atoms with Crippen molar-refractivity contribution in [2.24, 2.45) is 7.05 Å². The first-order valence-corrected chi connectivity index (χ1v) is 7.12. The Kier molecular flexibility index (Phi) is 3.26. The summed E-state index contributed by atoms with van der Waals surface area (Å²) in [4.78, 5) is 7.14. The highest BCUT2D eigenvalue weighted by atomic mass is 79.9. The molecule has 5 heteroatoms. The Hall–Kier alpha value is -1.07. The van der Waals surface area contributed by atoms with Crippen molar-refractivity contribution in [1.29, 1.82) is 0 Å². The van der Waals surface area contributed by atoms with E-state index in [9.17, 15) is 0 Å². The molecule has 1 saturated heterocycles. The Morgan fingerprint density at radius 1 is 1.28 bits per heavy atom. The van der Waals surface area contributed by atoms with Crippen LogP contribution in [0.5, 0.6) is 0 Å². The van der Waals surface area contributed by atoms with Gasteiger partial charge in [-0.05, 0) is 31.2 Å². The van der Waals surface area contributed by atoms with Crippen LogP contribution in [0.25, 0.3) is 11.0 Å². The lowest BCUT2D eigenvalue weighted by Gasteiger charge is -2.20. The molecule has 1 aliphatic heterocycles. The zero-order valence-electron chi connectivity index (χ0n) is 10.5. The largest absolute Gasteiger partial charge is 0.341 e. The van der Waals surface area contributed by atoms with Gasteiger partial charge in [0.1, 0.15) is 0 Å². The number of aromatic nitrogens is 2. The molecule has 1 fully saturated rings. The molecule has 1 aromatic carbocycles. The molecule has 0 bridgehead atoms. The highest BCUT2D eigenvalue weighted by Gasteiger charge is 2.16. The van der Waals surface area contributed by atoms with Crippen molar-refractivity contribution < 1.29 is 0 Å². The smallest absolute Gasteiger partial charge is 0.206 e. The summed E-state index contributed by atoms with van der Waals surface area (Å²) in [5.41, 5.74) is 2.24. The molecule has 18 heavy (non-hydrogen) atoms. The van der Waals surface area contributed by atoms with Gasteiger partial charge in [0, 0.05) is 31.2 Å². The summed E-state index contributed by atoms with van der Waals surface area (Å²) >= 11 is 3.50. The molecule has 4 nitrogen and oxygen atoms in total. The van der Waals surface area contributed by atoms with E-state index in [1.54, 1.807) is 0 Å². The van der Waals surface area contributed by atoms with Crippen molar-refractivity contribution >= 4 is 32.9 Å². The first-order chi connectivity index (χ1) is 8.75. The Morgan fingerprint density at radius 3 is 3.06 bits per heavy atom. The maximum atomic E-state index is 4.77. The number of imidazole rings is 1. The third-order valence-corrected chi connectivity index (χ3v) is 3.94. The number of nitrogens with zero attached hydrogens (tertiary/aromatic N) is 3. The van der Waals surface area contributed by atoms with E-state index in [1.807, 2.05) is 0 Å². The van der Waals surface area contributed by atoms with Crippen LogP contribution in [0.4, 0.5) is 5.95 Å². The van der Waals surface area contributed by atoms with Gasteiger partial charge in [0.2, 0.25) is 5.95 Å². The van der Waals surface area contributed by atoms with Gasteiger partial charge in [-0.15, -0.1) is 0 Å². The number of rotatable bonds is 1. The molecule has 0 unspecified atom stereocenters. The van der Waals surface area contributed by atoms with E-state index in [2.05, 4.69) is 56.0 Å². The fraction of sp³-hybridized carbons (Fsp3) is 0.462. The fourth-order valence-corrected chi connectivity index (χ4v) is 2.84. The molecule has 0 saturated carbocycles. The SMILES string of the molecule is Cn1c(N2CCCNCC2)nc2cc(Br)ccc21. The van der Waals surface area contributed by atoms with Crippen molar-refractivity contribution in [1.82, 2.24) is 14.9 Å². The topological polar surface area (TPSA) is 33.1 Å². The van der Waals surface area contributed by atoms with Crippen LogP contribution >= 0.6 is 15.9 Å². The lowest BCUT2D eigenvalue weighted by Crippen LogP contribution is -2.29. The molecule has 2 heterocycles. The van der Waals surface area contributed by atoms with E-state index in [4.69, 9.17) is 4.98 Å². The average molecular weight is 309 g/mol. The summed E-state index contributed by atoms with van der Waals surface area (Å²) in [5, 5.41) is 3.42. The van der Waals surface area contributed by atoms with Crippen molar-refractivity contribution in [3.63, 3.8) is 0 Å². The number of hydrogen-bond acceptors (Lipinski definition) is 3. The molecule has 1 aromatic heterocycles. The third-order valence-electron chi connectivity index (χ3n) is 3.44. The minimum absolute atomic E-state index is 1.03. The van der Waals surface area contributed by atoms with Gasteiger partial charge in [0.05, 0.1) is 11.0 Å². The van der Waals surface area contributed by atoms with E-state index in [1.165, 1.54) is 11.9 Å². The summed E-state index contributed by atoms with van der Waals surface area (Å²) < 4.78 is 3.27. The summed E-state index contributed by atoms with van der Waals surface area (Å²) in [6.07, 6.45) is 1.17. The van der Waals surface area contributed by atoms with Crippen LogP contribution in [0.1, 0.15) is 6.42 Å². The van der Waals surface area contributed by atoms with Gasteiger partial charge in [0.25, 0.3) is 0 Å². The van der Waals surface area contributed by atoms with Gasteiger partial charge in [0.15, 0.2) is 0 Å².